The van der Waals surface area contributed by atoms with Crippen molar-refractivity contribution in [2.24, 2.45) is 0 Å². The standard InChI is InChI=1S/C17H17N3O/c1-9-13(17(21)18-2)8-14-12-5-3-4-11(10-6-7-10)15(12)20-16(14)19-9/h3-5,8,10H,6-7H2,1-2H3,(H,18,21)(H,19,20). The van der Waals surface area contributed by atoms with E-state index in [-0.39, 0.29) is 5.91 Å². The number of carbonyl (C=O) groups is 1. The Morgan fingerprint density at radius 2 is 2.14 bits per heavy atom. The number of aromatic nitrogens is 2. The minimum atomic E-state index is -0.0883. The number of H-pyrrole nitrogens is 1. The highest BCUT2D eigenvalue weighted by molar-refractivity contribution is 6.09. The van der Waals surface area contributed by atoms with Gasteiger partial charge in [-0.25, -0.2) is 4.98 Å². The lowest BCUT2D eigenvalue weighted by molar-refractivity contribution is 0.0962. The number of para-hydroxylation sites is 1. The quantitative estimate of drug-likeness (QED) is 0.756. The van der Waals surface area contributed by atoms with Crippen LogP contribution in [-0.2, 0) is 0 Å². The van der Waals surface area contributed by atoms with Crippen molar-refractivity contribution in [1.29, 1.82) is 0 Å². The number of benzene rings is 1. The van der Waals surface area contributed by atoms with E-state index < -0.39 is 0 Å². The van der Waals surface area contributed by atoms with E-state index in [1.165, 1.54) is 23.9 Å². The number of rotatable bonds is 2. The van der Waals surface area contributed by atoms with Crippen molar-refractivity contribution in [3.05, 3.63) is 41.1 Å². The van der Waals surface area contributed by atoms with E-state index in [2.05, 4.69) is 33.5 Å². The van der Waals surface area contributed by atoms with E-state index in [0.717, 1.165) is 22.1 Å². The molecule has 0 unspecified atom stereocenters. The normalized spacial score (nSPS) is 14.8. The van der Waals surface area contributed by atoms with Crippen LogP contribution in [0.15, 0.2) is 24.3 Å². The van der Waals surface area contributed by atoms with Crippen molar-refractivity contribution < 1.29 is 4.79 Å². The zero-order valence-corrected chi connectivity index (χ0v) is 12.2. The summed E-state index contributed by atoms with van der Waals surface area (Å²) in [5.41, 5.74) is 4.81. The van der Waals surface area contributed by atoms with Gasteiger partial charge in [0.25, 0.3) is 5.91 Å². The van der Waals surface area contributed by atoms with Crippen molar-refractivity contribution in [2.45, 2.75) is 25.7 Å². The van der Waals surface area contributed by atoms with Gasteiger partial charge in [0, 0.05) is 17.8 Å². The third-order valence-electron chi connectivity index (χ3n) is 4.33. The lowest BCUT2D eigenvalue weighted by atomic mass is 10.0. The van der Waals surface area contributed by atoms with Crippen LogP contribution in [0.3, 0.4) is 0 Å². The first-order valence-corrected chi connectivity index (χ1v) is 7.33. The van der Waals surface area contributed by atoms with Crippen LogP contribution in [0.5, 0.6) is 0 Å². The Hall–Kier alpha value is -2.36. The maximum absolute atomic E-state index is 12.0. The first kappa shape index (κ1) is 12.4. The number of fused-ring (bicyclic) bond motifs is 3. The Labute approximate surface area is 122 Å². The summed E-state index contributed by atoms with van der Waals surface area (Å²) in [7, 11) is 1.65. The summed E-state index contributed by atoms with van der Waals surface area (Å²) in [5.74, 6) is 0.593. The third-order valence-corrected chi connectivity index (χ3v) is 4.33. The van der Waals surface area contributed by atoms with Gasteiger partial charge in [-0.3, -0.25) is 4.79 Å². The monoisotopic (exact) mass is 279 g/mol. The van der Waals surface area contributed by atoms with Crippen LogP contribution in [0, 0.1) is 6.92 Å². The summed E-state index contributed by atoms with van der Waals surface area (Å²) in [5, 5.41) is 4.86. The molecule has 2 N–H and O–H groups in total. The molecule has 1 amide bonds. The molecule has 4 nitrogen and oxygen atoms in total. The zero-order valence-electron chi connectivity index (χ0n) is 12.2. The van der Waals surface area contributed by atoms with Crippen molar-refractivity contribution in [2.75, 3.05) is 7.05 Å². The Balaban J connectivity index is 2.04. The number of hydrogen-bond donors (Lipinski definition) is 2. The van der Waals surface area contributed by atoms with Gasteiger partial charge < -0.3 is 10.3 Å². The van der Waals surface area contributed by atoms with Crippen LogP contribution in [0.25, 0.3) is 21.9 Å². The SMILES string of the molecule is CNC(=O)c1cc2c(nc1C)[nH]c1c(C3CC3)cccc12. The summed E-state index contributed by atoms with van der Waals surface area (Å²) >= 11 is 0. The molecule has 1 aliphatic rings. The average molecular weight is 279 g/mol. The fourth-order valence-electron chi connectivity index (χ4n) is 3.06. The molecule has 1 fully saturated rings. The second kappa shape index (κ2) is 4.32. The molecule has 0 saturated heterocycles. The van der Waals surface area contributed by atoms with Crippen molar-refractivity contribution in [3.8, 4) is 0 Å². The topological polar surface area (TPSA) is 57.8 Å². The number of nitrogens with one attached hydrogen (secondary N) is 2. The third kappa shape index (κ3) is 1.82. The molecule has 0 bridgehead atoms. The predicted octanol–water partition coefficient (Wildman–Crippen LogP) is 3.26. The first-order chi connectivity index (χ1) is 10.2. The van der Waals surface area contributed by atoms with E-state index in [9.17, 15) is 4.79 Å². The molecule has 21 heavy (non-hydrogen) atoms. The summed E-state index contributed by atoms with van der Waals surface area (Å²) in [6.07, 6.45) is 2.54. The minimum Gasteiger partial charge on any atom is -0.355 e. The van der Waals surface area contributed by atoms with E-state index in [0.29, 0.717) is 11.5 Å². The Kier molecular flexibility index (Phi) is 2.55. The molecule has 4 heteroatoms. The molecule has 0 atom stereocenters. The lowest BCUT2D eigenvalue weighted by Gasteiger charge is -2.03. The molecule has 1 saturated carbocycles. The molecule has 0 spiro atoms. The number of aromatic amines is 1. The van der Waals surface area contributed by atoms with E-state index in [4.69, 9.17) is 0 Å². The number of aryl methyl sites for hydroxylation is 1. The Morgan fingerprint density at radius 3 is 2.86 bits per heavy atom. The Morgan fingerprint density at radius 1 is 1.33 bits per heavy atom. The fraction of sp³-hybridized carbons (Fsp3) is 0.294. The molecule has 106 valence electrons. The van der Waals surface area contributed by atoms with Gasteiger partial charge in [-0.2, -0.15) is 0 Å². The van der Waals surface area contributed by atoms with Gasteiger partial charge in [-0.05, 0) is 37.3 Å². The number of nitrogens with zero attached hydrogens (tertiary/aromatic N) is 1. The second-order valence-corrected chi connectivity index (χ2v) is 5.77. The molecule has 1 aliphatic carbocycles. The maximum Gasteiger partial charge on any atom is 0.252 e. The van der Waals surface area contributed by atoms with Gasteiger partial charge in [0.05, 0.1) is 16.8 Å². The molecule has 1 aromatic carbocycles. The van der Waals surface area contributed by atoms with Crippen LogP contribution in [0.1, 0.15) is 40.4 Å². The smallest absolute Gasteiger partial charge is 0.252 e. The zero-order chi connectivity index (χ0) is 14.6. The highest BCUT2D eigenvalue weighted by Crippen LogP contribution is 2.43. The molecule has 2 heterocycles. The van der Waals surface area contributed by atoms with Crippen molar-refractivity contribution in [3.63, 3.8) is 0 Å². The largest absolute Gasteiger partial charge is 0.355 e. The highest BCUT2D eigenvalue weighted by atomic mass is 16.1. The molecule has 2 aromatic heterocycles. The predicted molar refractivity (Wildman–Crippen MR) is 83.7 cm³/mol. The summed E-state index contributed by atoms with van der Waals surface area (Å²) < 4.78 is 0. The maximum atomic E-state index is 12.0. The van der Waals surface area contributed by atoms with Gasteiger partial charge in [0.1, 0.15) is 5.65 Å². The molecular formula is C17H17N3O. The van der Waals surface area contributed by atoms with Crippen LogP contribution >= 0.6 is 0 Å². The number of pyridine rings is 1. The van der Waals surface area contributed by atoms with E-state index >= 15 is 0 Å². The van der Waals surface area contributed by atoms with Crippen molar-refractivity contribution in [1.82, 2.24) is 15.3 Å². The van der Waals surface area contributed by atoms with Gasteiger partial charge in [0.2, 0.25) is 0 Å². The van der Waals surface area contributed by atoms with Crippen LogP contribution in [-0.4, -0.2) is 22.9 Å². The first-order valence-electron chi connectivity index (χ1n) is 7.33. The summed E-state index contributed by atoms with van der Waals surface area (Å²) in [6.45, 7) is 1.87. The molecule has 3 aromatic rings. The minimum absolute atomic E-state index is 0.0883. The number of carbonyl (C=O) groups excluding carboxylic acids is 1. The molecular weight excluding hydrogens is 262 g/mol. The average Bonchev–Trinajstić information content (AvgIpc) is 3.26. The number of hydrogen-bond acceptors (Lipinski definition) is 2. The van der Waals surface area contributed by atoms with Gasteiger partial charge >= 0.3 is 0 Å². The lowest BCUT2D eigenvalue weighted by Crippen LogP contribution is -2.19. The summed E-state index contributed by atoms with van der Waals surface area (Å²) in [6, 6.07) is 8.35. The van der Waals surface area contributed by atoms with Crippen LogP contribution in [0.2, 0.25) is 0 Å². The van der Waals surface area contributed by atoms with Gasteiger partial charge in [-0.1, -0.05) is 18.2 Å². The second-order valence-electron chi connectivity index (χ2n) is 5.77. The Bertz CT molecular complexity index is 874. The van der Waals surface area contributed by atoms with Crippen molar-refractivity contribution >= 4 is 27.8 Å². The molecule has 0 radical (unpaired) electrons. The molecule has 4 rings (SSSR count). The highest BCUT2D eigenvalue weighted by Gasteiger charge is 2.26. The van der Waals surface area contributed by atoms with Gasteiger partial charge in [0.15, 0.2) is 0 Å². The van der Waals surface area contributed by atoms with Crippen LogP contribution in [0.4, 0.5) is 0 Å². The van der Waals surface area contributed by atoms with Crippen LogP contribution < -0.4 is 5.32 Å². The van der Waals surface area contributed by atoms with Gasteiger partial charge in [-0.15, -0.1) is 0 Å². The number of amides is 1. The summed E-state index contributed by atoms with van der Waals surface area (Å²) in [4.78, 5) is 20.0. The van der Waals surface area contributed by atoms with E-state index in [1.807, 2.05) is 13.0 Å². The molecule has 0 aliphatic heterocycles. The van der Waals surface area contributed by atoms with E-state index in [1.54, 1.807) is 7.05 Å². The fourth-order valence-corrected chi connectivity index (χ4v) is 3.06.